The first kappa shape index (κ1) is 19.8. The van der Waals surface area contributed by atoms with Gasteiger partial charge in [0, 0.05) is 18.7 Å². The van der Waals surface area contributed by atoms with E-state index in [0.29, 0.717) is 18.9 Å². The van der Waals surface area contributed by atoms with Gasteiger partial charge in [0.05, 0.1) is 13.2 Å². The molecule has 0 heterocycles. The maximum Gasteiger partial charge on any atom is 0.305 e. The molecule has 0 aromatic heterocycles. The van der Waals surface area contributed by atoms with E-state index < -0.39 is 0 Å². The molecule has 0 spiro atoms. The number of anilines is 1. The summed E-state index contributed by atoms with van der Waals surface area (Å²) in [6.45, 7) is 4.66. The van der Waals surface area contributed by atoms with Gasteiger partial charge in [-0.15, -0.1) is 0 Å². The number of guanidine groups is 1. The second-order valence-corrected chi connectivity index (χ2v) is 5.82. The summed E-state index contributed by atoms with van der Waals surface area (Å²) in [6, 6.07) is 7.62. The van der Waals surface area contributed by atoms with Crippen molar-refractivity contribution in [3.05, 3.63) is 24.3 Å². The van der Waals surface area contributed by atoms with Gasteiger partial charge in [-0.1, -0.05) is 12.8 Å². The second kappa shape index (κ2) is 11.3. The molecule has 0 bridgehead atoms. The maximum atomic E-state index is 11.0. The predicted octanol–water partition coefficient (Wildman–Crippen LogP) is 3.32. The van der Waals surface area contributed by atoms with Gasteiger partial charge < -0.3 is 20.5 Å². The molecule has 1 aromatic carbocycles. The average molecular weight is 335 g/mol. The zero-order valence-electron chi connectivity index (χ0n) is 14.9. The number of unbranched alkanes of at least 4 members (excludes halogenated alkanes) is 3. The molecule has 0 aliphatic rings. The number of carbonyl (C=O) groups is 1. The van der Waals surface area contributed by atoms with Gasteiger partial charge >= 0.3 is 5.97 Å². The van der Waals surface area contributed by atoms with Crippen molar-refractivity contribution in [3.63, 3.8) is 0 Å². The van der Waals surface area contributed by atoms with Gasteiger partial charge in [0.25, 0.3) is 0 Å². The summed E-state index contributed by atoms with van der Waals surface area (Å²) in [7, 11) is 1.41. The van der Waals surface area contributed by atoms with Crippen LogP contribution in [0.25, 0.3) is 0 Å². The Kier molecular flexibility index (Phi) is 9.34. The Hall–Kier alpha value is -2.24. The third kappa shape index (κ3) is 9.02. The standard InChI is InChI=1S/C18H29N3O3/c1-14(2)24-16-11-9-15(10-12-16)21-18(19)20-13-7-5-4-6-8-17(22)23-3/h9-12,14H,4-8,13H2,1-3H3,(H3,19,20,21). The number of hydrogen-bond donors (Lipinski definition) is 2. The third-order valence-electron chi connectivity index (χ3n) is 3.30. The van der Waals surface area contributed by atoms with Crippen molar-refractivity contribution in [2.24, 2.45) is 10.7 Å². The van der Waals surface area contributed by atoms with Crippen LogP contribution in [0, 0.1) is 0 Å². The number of nitrogens with two attached hydrogens (primary N) is 1. The SMILES string of the molecule is COC(=O)CCCCCCN=C(N)Nc1ccc(OC(C)C)cc1. The highest BCUT2D eigenvalue weighted by Crippen LogP contribution is 2.16. The lowest BCUT2D eigenvalue weighted by molar-refractivity contribution is -0.140. The van der Waals surface area contributed by atoms with E-state index >= 15 is 0 Å². The fourth-order valence-electron chi connectivity index (χ4n) is 2.11. The first-order valence-electron chi connectivity index (χ1n) is 8.41. The Morgan fingerprint density at radius 2 is 1.83 bits per heavy atom. The Balaban J connectivity index is 2.21. The van der Waals surface area contributed by atoms with Gasteiger partial charge in [-0.2, -0.15) is 0 Å². The van der Waals surface area contributed by atoms with Gasteiger partial charge in [0.2, 0.25) is 0 Å². The highest BCUT2D eigenvalue weighted by Gasteiger charge is 2.00. The zero-order chi connectivity index (χ0) is 17.8. The maximum absolute atomic E-state index is 11.0. The molecule has 0 saturated heterocycles. The van der Waals surface area contributed by atoms with Gasteiger partial charge in [-0.3, -0.25) is 9.79 Å². The summed E-state index contributed by atoms with van der Waals surface area (Å²) in [5.74, 6) is 1.09. The van der Waals surface area contributed by atoms with Gasteiger partial charge in [-0.25, -0.2) is 0 Å². The third-order valence-corrected chi connectivity index (χ3v) is 3.30. The smallest absolute Gasteiger partial charge is 0.305 e. The van der Waals surface area contributed by atoms with Crippen molar-refractivity contribution in [1.82, 2.24) is 0 Å². The summed E-state index contributed by atoms with van der Waals surface area (Å²) < 4.78 is 10.2. The quantitative estimate of drug-likeness (QED) is 0.296. The Bertz CT molecular complexity index is 513. The lowest BCUT2D eigenvalue weighted by atomic mass is 10.1. The van der Waals surface area contributed by atoms with Crippen LogP contribution in [0.2, 0.25) is 0 Å². The monoisotopic (exact) mass is 335 g/mol. The van der Waals surface area contributed by atoms with Crippen molar-refractivity contribution in [3.8, 4) is 5.75 Å². The van der Waals surface area contributed by atoms with Crippen LogP contribution in [0.4, 0.5) is 5.69 Å². The number of benzene rings is 1. The molecule has 0 fully saturated rings. The number of nitrogens with zero attached hydrogens (tertiary/aromatic N) is 1. The molecular formula is C18H29N3O3. The molecule has 0 amide bonds. The largest absolute Gasteiger partial charge is 0.491 e. The van der Waals surface area contributed by atoms with Crippen LogP contribution >= 0.6 is 0 Å². The molecule has 0 atom stereocenters. The molecule has 134 valence electrons. The molecule has 6 heteroatoms. The molecule has 24 heavy (non-hydrogen) atoms. The van der Waals surface area contributed by atoms with Crippen LogP contribution in [0.3, 0.4) is 0 Å². The fraction of sp³-hybridized carbons (Fsp3) is 0.556. The minimum atomic E-state index is -0.147. The first-order valence-corrected chi connectivity index (χ1v) is 8.41. The van der Waals surface area contributed by atoms with Crippen molar-refractivity contribution < 1.29 is 14.3 Å². The van der Waals surface area contributed by atoms with Crippen LogP contribution in [0.15, 0.2) is 29.3 Å². The van der Waals surface area contributed by atoms with E-state index in [9.17, 15) is 4.79 Å². The number of aliphatic imine (C=N–C) groups is 1. The molecule has 6 nitrogen and oxygen atoms in total. The highest BCUT2D eigenvalue weighted by molar-refractivity contribution is 5.92. The number of nitrogens with one attached hydrogen (secondary N) is 1. The summed E-state index contributed by atoms with van der Waals surface area (Å²) in [5, 5.41) is 3.06. The van der Waals surface area contributed by atoms with E-state index in [0.717, 1.165) is 37.1 Å². The lowest BCUT2D eigenvalue weighted by Crippen LogP contribution is -2.22. The van der Waals surface area contributed by atoms with Crippen LogP contribution < -0.4 is 15.8 Å². The fourth-order valence-corrected chi connectivity index (χ4v) is 2.11. The minimum absolute atomic E-state index is 0.147. The number of methoxy groups -OCH3 is 1. The van der Waals surface area contributed by atoms with E-state index in [1.165, 1.54) is 7.11 Å². The van der Waals surface area contributed by atoms with Crippen LogP contribution in [0.5, 0.6) is 5.75 Å². The molecule has 1 rings (SSSR count). The first-order chi connectivity index (χ1) is 11.5. The molecule has 0 radical (unpaired) electrons. The second-order valence-electron chi connectivity index (χ2n) is 5.82. The van der Waals surface area contributed by atoms with Crippen LogP contribution in [0.1, 0.15) is 46.0 Å². The molecule has 0 aliphatic heterocycles. The van der Waals surface area contributed by atoms with E-state index in [2.05, 4.69) is 15.0 Å². The number of carbonyl (C=O) groups excluding carboxylic acids is 1. The predicted molar refractivity (Wildman–Crippen MR) is 97.4 cm³/mol. The summed E-state index contributed by atoms with van der Waals surface area (Å²) in [6.07, 6.45) is 4.47. The number of rotatable bonds is 10. The van der Waals surface area contributed by atoms with Crippen molar-refractivity contribution in [2.45, 2.75) is 52.1 Å². The molecule has 1 aromatic rings. The van der Waals surface area contributed by atoms with Crippen LogP contribution in [-0.2, 0) is 9.53 Å². The Morgan fingerprint density at radius 3 is 2.46 bits per heavy atom. The summed E-state index contributed by atoms with van der Waals surface area (Å²) in [4.78, 5) is 15.3. The van der Waals surface area contributed by atoms with E-state index in [-0.39, 0.29) is 12.1 Å². The van der Waals surface area contributed by atoms with Crippen molar-refractivity contribution in [1.29, 1.82) is 0 Å². The van der Waals surface area contributed by atoms with Crippen molar-refractivity contribution >= 4 is 17.6 Å². The lowest BCUT2D eigenvalue weighted by Gasteiger charge is -2.10. The highest BCUT2D eigenvalue weighted by atomic mass is 16.5. The van der Waals surface area contributed by atoms with E-state index in [1.807, 2.05) is 38.1 Å². The summed E-state index contributed by atoms with van der Waals surface area (Å²) in [5.41, 5.74) is 6.75. The number of esters is 1. The molecular weight excluding hydrogens is 306 g/mol. The zero-order valence-corrected chi connectivity index (χ0v) is 14.9. The average Bonchev–Trinajstić information content (AvgIpc) is 2.55. The topological polar surface area (TPSA) is 85.9 Å². The number of hydrogen-bond acceptors (Lipinski definition) is 4. The molecule has 0 saturated carbocycles. The van der Waals surface area contributed by atoms with Crippen LogP contribution in [-0.4, -0.2) is 31.7 Å². The van der Waals surface area contributed by atoms with Crippen molar-refractivity contribution in [2.75, 3.05) is 19.0 Å². The molecule has 3 N–H and O–H groups in total. The Morgan fingerprint density at radius 1 is 1.17 bits per heavy atom. The summed E-state index contributed by atoms with van der Waals surface area (Å²) >= 11 is 0. The van der Waals surface area contributed by atoms with E-state index in [1.54, 1.807) is 0 Å². The van der Waals surface area contributed by atoms with E-state index in [4.69, 9.17) is 10.5 Å². The molecule has 0 aliphatic carbocycles. The number of ether oxygens (including phenoxy) is 2. The molecule has 0 unspecified atom stereocenters. The van der Waals surface area contributed by atoms with Gasteiger partial charge in [0.1, 0.15) is 5.75 Å². The minimum Gasteiger partial charge on any atom is -0.491 e. The van der Waals surface area contributed by atoms with Gasteiger partial charge in [0.15, 0.2) is 5.96 Å². The Labute approximate surface area is 144 Å². The normalized spacial score (nSPS) is 11.4. The van der Waals surface area contributed by atoms with Gasteiger partial charge in [-0.05, 0) is 51.0 Å².